The van der Waals surface area contributed by atoms with Crippen LogP contribution >= 0.6 is 11.3 Å². The molecule has 3 aromatic rings. The molecule has 0 aliphatic carbocycles. The lowest BCUT2D eigenvalue weighted by molar-refractivity contribution is -0.143. The average molecular weight is 544 g/mol. The number of aryl methyl sites for hydroxylation is 2. The second-order valence-corrected chi connectivity index (χ2v) is 12.2. The van der Waals surface area contributed by atoms with E-state index in [2.05, 4.69) is 4.99 Å². The highest BCUT2D eigenvalue weighted by molar-refractivity contribution is 7.89. The van der Waals surface area contributed by atoms with Crippen LogP contribution in [0.5, 0.6) is 0 Å². The molecule has 2 heterocycles. The molecule has 0 N–H and O–H groups in total. The van der Waals surface area contributed by atoms with Crippen molar-refractivity contribution in [3.8, 4) is 0 Å². The molecule has 0 spiro atoms. The number of carbonyl (C=O) groups is 2. The van der Waals surface area contributed by atoms with Crippen molar-refractivity contribution in [2.24, 2.45) is 4.99 Å². The van der Waals surface area contributed by atoms with Gasteiger partial charge in [0, 0.05) is 18.2 Å². The topological polar surface area (TPSA) is 98.0 Å². The summed E-state index contributed by atoms with van der Waals surface area (Å²) >= 11 is 1.33. The van der Waals surface area contributed by atoms with Crippen LogP contribution in [0, 0.1) is 13.8 Å². The second kappa shape index (κ2) is 11.3. The largest absolute Gasteiger partial charge is 0.465 e. The summed E-state index contributed by atoms with van der Waals surface area (Å²) in [5, 5.41) is 0. The number of piperidine rings is 1. The number of ether oxygens (including phenoxy) is 1. The van der Waals surface area contributed by atoms with Gasteiger partial charge in [0.2, 0.25) is 10.0 Å². The quantitative estimate of drug-likeness (QED) is 0.407. The third-order valence-corrected chi connectivity index (χ3v) is 9.65. The molecule has 1 unspecified atom stereocenters. The molecule has 1 aliphatic rings. The number of hydrogen-bond donors (Lipinski definition) is 0. The number of aromatic nitrogens is 1. The zero-order valence-electron chi connectivity index (χ0n) is 21.7. The Hall–Kier alpha value is -2.82. The van der Waals surface area contributed by atoms with Crippen molar-refractivity contribution >= 4 is 43.5 Å². The smallest absolute Gasteiger partial charge is 0.326 e. The van der Waals surface area contributed by atoms with Gasteiger partial charge in [-0.1, -0.05) is 30.7 Å². The Morgan fingerprint density at radius 3 is 2.51 bits per heavy atom. The van der Waals surface area contributed by atoms with Crippen molar-refractivity contribution in [1.29, 1.82) is 0 Å². The molecule has 198 valence electrons. The molecule has 8 nitrogen and oxygen atoms in total. The lowest BCUT2D eigenvalue weighted by Gasteiger charge is -2.34. The number of rotatable bonds is 7. The van der Waals surface area contributed by atoms with Gasteiger partial charge in [0.1, 0.15) is 6.54 Å². The summed E-state index contributed by atoms with van der Waals surface area (Å²) in [6.45, 7) is 8.42. The minimum Gasteiger partial charge on any atom is -0.465 e. The average Bonchev–Trinajstić information content (AvgIpc) is 3.20. The fourth-order valence-corrected chi connectivity index (χ4v) is 7.89. The van der Waals surface area contributed by atoms with Crippen LogP contribution in [0.2, 0.25) is 0 Å². The Morgan fingerprint density at radius 1 is 1.11 bits per heavy atom. The molecule has 1 saturated heterocycles. The van der Waals surface area contributed by atoms with Crippen LogP contribution in [0.1, 0.15) is 61.0 Å². The third-order valence-electron chi connectivity index (χ3n) is 6.65. The summed E-state index contributed by atoms with van der Waals surface area (Å²) in [6.07, 6.45) is 3.53. The molecule has 4 rings (SSSR count). The van der Waals surface area contributed by atoms with E-state index in [1.165, 1.54) is 35.6 Å². The van der Waals surface area contributed by atoms with Gasteiger partial charge in [-0.15, -0.1) is 0 Å². The first-order chi connectivity index (χ1) is 17.6. The molecule has 1 amide bonds. The molecule has 37 heavy (non-hydrogen) atoms. The van der Waals surface area contributed by atoms with E-state index in [4.69, 9.17) is 4.74 Å². The van der Waals surface area contributed by atoms with Gasteiger partial charge in [-0.25, -0.2) is 8.42 Å². The molecule has 0 radical (unpaired) electrons. The highest BCUT2D eigenvalue weighted by Gasteiger charge is 2.32. The lowest BCUT2D eigenvalue weighted by Crippen LogP contribution is -2.43. The number of carbonyl (C=O) groups excluding carboxylic acids is 2. The van der Waals surface area contributed by atoms with Crippen molar-refractivity contribution in [1.82, 2.24) is 8.87 Å². The number of esters is 1. The van der Waals surface area contributed by atoms with E-state index in [-0.39, 0.29) is 29.7 Å². The first-order valence-electron chi connectivity index (χ1n) is 12.6. The van der Waals surface area contributed by atoms with E-state index in [0.717, 1.165) is 47.0 Å². The van der Waals surface area contributed by atoms with Gasteiger partial charge in [-0.3, -0.25) is 9.59 Å². The molecule has 1 fully saturated rings. The van der Waals surface area contributed by atoms with Crippen LogP contribution in [0.25, 0.3) is 10.2 Å². The highest BCUT2D eigenvalue weighted by Crippen LogP contribution is 2.27. The van der Waals surface area contributed by atoms with E-state index in [1.54, 1.807) is 15.8 Å². The van der Waals surface area contributed by atoms with Crippen molar-refractivity contribution < 1.29 is 22.7 Å². The van der Waals surface area contributed by atoms with E-state index in [0.29, 0.717) is 11.3 Å². The minimum absolute atomic E-state index is 0.00459. The summed E-state index contributed by atoms with van der Waals surface area (Å²) < 4.78 is 35.9. The van der Waals surface area contributed by atoms with Gasteiger partial charge >= 0.3 is 5.97 Å². The predicted molar refractivity (Wildman–Crippen MR) is 144 cm³/mol. The van der Waals surface area contributed by atoms with Gasteiger partial charge < -0.3 is 9.30 Å². The zero-order valence-corrected chi connectivity index (χ0v) is 23.3. The first kappa shape index (κ1) is 27.2. The summed E-state index contributed by atoms with van der Waals surface area (Å²) in [5.41, 5.74) is 3.16. The van der Waals surface area contributed by atoms with Gasteiger partial charge in [-0.05, 0) is 81.5 Å². The van der Waals surface area contributed by atoms with Crippen molar-refractivity contribution in [3.05, 3.63) is 57.9 Å². The molecule has 1 aliphatic heterocycles. The monoisotopic (exact) mass is 543 g/mol. The van der Waals surface area contributed by atoms with Crippen LogP contribution in [0.15, 0.2) is 46.3 Å². The van der Waals surface area contributed by atoms with Crippen LogP contribution in [-0.4, -0.2) is 48.4 Å². The Kier molecular flexibility index (Phi) is 8.30. The number of benzene rings is 2. The van der Waals surface area contributed by atoms with Crippen LogP contribution in [-0.2, 0) is 26.1 Å². The first-order valence-corrected chi connectivity index (χ1v) is 14.9. The molecule has 10 heteroatoms. The number of amides is 1. The summed E-state index contributed by atoms with van der Waals surface area (Å²) in [6, 6.07) is 9.98. The number of sulfonamides is 1. The Labute approximate surface area is 221 Å². The zero-order chi connectivity index (χ0) is 26.7. The fraction of sp³-hybridized carbons (Fsp3) is 0.444. The number of hydrogen-bond acceptors (Lipinski definition) is 6. The number of fused-ring (bicyclic) bond motifs is 1. The standard InChI is InChI=1S/C27H33N3O5S2/c1-5-21-9-7-8-14-30(21)37(33,34)22-12-10-20(11-13-22)26(32)28-27-29(17-24(31)35-6-2)25-19(4)15-18(3)16-23(25)36-27/h10-13,15-16,21H,5-9,14,17H2,1-4H3. The van der Waals surface area contributed by atoms with Crippen molar-refractivity contribution in [2.75, 3.05) is 13.2 Å². The normalized spacial score (nSPS) is 17.3. The van der Waals surface area contributed by atoms with Crippen LogP contribution in [0.4, 0.5) is 0 Å². The number of thiazole rings is 1. The number of nitrogens with zero attached hydrogens (tertiary/aromatic N) is 3. The summed E-state index contributed by atoms with van der Waals surface area (Å²) in [5.74, 6) is -0.916. The maximum absolute atomic E-state index is 13.3. The van der Waals surface area contributed by atoms with E-state index in [9.17, 15) is 18.0 Å². The minimum atomic E-state index is -3.64. The van der Waals surface area contributed by atoms with Crippen molar-refractivity contribution in [3.63, 3.8) is 0 Å². The molecule has 2 aromatic carbocycles. The lowest BCUT2D eigenvalue weighted by atomic mass is 10.0. The van der Waals surface area contributed by atoms with Crippen LogP contribution in [0.3, 0.4) is 0 Å². The third kappa shape index (κ3) is 5.71. The molecular weight excluding hydrogens is 510 g/mol. The maximum atomic E-state index is 13.3. The molecule has 0 bridgehead atoms. The predicted octanol–water partition coefficient (Wildman–Crippen LogP) is 4.58. The molecule has 1 aromatic heterocycles. The van der Waals surface area contributed by atoms with Gasteiger partial charge in [0.15, 0.2) is 4.80 Å². The van der Waals surface area contributed by atoms with Gasteiger partial charge in [-0.2, -0.15) is 9.30 Å². The van der Waals surface area contributed by atoms with E-state index >= 15 is 0 Å². The Balaban J connectivity index is 1.68. The molecular formula is C27H33N3O5S2. The summed E-state index contributed by atoms with van der Waals surface area (Å²) in [7, 11) is -3.64. The highest BCUT2D eigenvalue weighted by atomic mass is 32.2. The van der Waals surface area contributed by atoms with Crippen molar-refractivity contribution in [2.45, 2.75) is 70.9 Å². The van der Waals surface area contributed by atoms with Gasteiger partial charge in [0.05, 0.1) is 21.7 Å². The van der Waals surface area contributed by atoms with E-state index in [1.807, 2.05) is 32.9 Å². The summed E-state index contributed by atoms with van der Waals surface area (Å²) in [4.78, 5) is 30.3. The van der Waals surface area contributed by atoms with Gasteiger partial charge in [0.25, 0.3) is 5.91 Å². The SMILES string of the molecule is CCOC(=O)Cn1c(=NC(=O)c2ccc(S(=O)(=O)N3CCCCC3CC)cc2)sc2cc(C)cc(C)c21. The second-order valence-electron chi connectivity index (χ2n) is 9.32. The fourth-order valence-electron chi connectivity index (χ4n) is 4.91. The van der Waals surface area contributed by atoms with E-state index < -0.39 is 21.9 Å². The Bertz CT molecular complexity index is 1490. The van der Waals surface area contributed by atoms with Crippen LogP contribution < -0.4 is 4.80 Å². The molecule has 0 saturated carbocycles. The maximum Gasteiger partial charge on any atom is 0.326 e. The Morgan fingerprint density at radius 2 is 1.84 bits per heavy atom. The molecule has 1 atom stereocenters.